The molecule has 1 N–H and O–H groups in total. The van der Waals surface area contributed by atoms with E-state index in [9.17, 15) is 9.50 Å². The van der Waals surface area contributed by atoms with Crippen LogP contribution < -0.4 is 0 Å². The van der Waals surface area contributed by atoms with Crippen molar-refractivity contribution in [2.24, 2.45) is 0 Å². The molecule has 1 unspecified atom stereocenters. The molecule has 0 radical (unpaired) electrons. The Bertz CT molecular complexity index is 223. The van der Waals surface area contributed by atoms with Crippen molar-refractivity contribution < 1.29 is 9.50 Å². The van der Waals surface area contributed by atoms with Crippen molar-refractivity contribution in [2.45, 2.75) is 25.4 Å². The summed E-state index contributed by atoms with van der Waals surface area (Å²) in [5, 5.41) is 9.62. The molecule has 1 rings (SSSR count). The summed E-state index contributed by atoms with van der Waals surface area (Å²) in [5.41, 5.74) is 0.918. The fourth-order valence-corrected chi connectivity index (χ4v) is 1.27. The molecule has 0 aromatic heterocycles. The van der Waals surface area contributed by atoms with Gasteiger partial charge in [-0.15, -0.1) is 0 Å². The van der Waals surface area contributed by atoms with Crippen LogP contribution in [-0.4, -0.2) is 11.8 Å². The summed E-state index contributed by atoms with van der Waals surface area (Å²) in [6.45, 7) is -0.290. The highest BCUT2D eigenvalue weighted by atomic mass is 19.1. The van der Waals surface area contributed by atoms with E-state index in [1.165, 1.54) is 0 Å². The molecule has 2 heteroatoms. The topological polar surface area (TPSA) is 20.2 Å². The van der Waals surface area contributed by atoms with Crippen LogP contribution in [0.2, 0.25) is 0 Å². The van der Waals surface area contributed by atoms with E-state index in [2.05, 4.69) is 0 Å². The predicted molar refractivity (Wildman–Crippen MR) is 51.2 cm³/mol. The van der Waals surface area contributed by atoms with Crippen LogP contribution in [0.5, 0.6) is 0 Å². The SMILES string of the molecule is OC(CCCCF)c1ccccc1. The molecule has 0 saturated heterocycles. The van der Waals surface area contributed by atoms with Gasteiger partial charge in [-0.25, -0.2) is 0 Å². The second-order valence-corrected chi connectivity index (χ2v) is 3.11. The Hall–Kier alpha value is -0.890. The van der Waals surface area contributed by atoms with E-state index in [0.29, 0.717) is 12.8 Å². The van der Waals surface area contributed by atoms with E-state index < -0.39 is 6.10 Å². The zero-order chi connectivity index (χ0) is 9.52. The fraction of sp³-hybridized carbons (Fsp3) is 0.455. The van der Waals surface area contributed by atoms with Crippen molar-refractivity contribution in [2.75, 3.05) is 6.67 Å². The van der Waals surface area contributed by atoms with E-state index in [1.807, 2.05) is 30.3 Å². The zero-order valence-electron chi connectivity index (χ0n) is 7.62. The van der Waals surface area contributed by atoms with Gasteiger partial charge < -0.3 is 5.11 Å². The van der Waals surface area contributed by atoms with Crippen LogP contribution in [-0.2, 0) is 0 Å². The third-order valence-electron chi connectivity index (χ3n) is 2.05. The largest absolute Gasteiger partial charge is 0.388 e. The summed E-state index contributed by atoms with van der Waals surface area (Å²) in [6, 6.07) is 9.49. The lowest BCUT2D eigenvalue weighted by Crippen LogP contribution is -1.96. The number of alkyl halides is 1. The average Bonchev–Trinajstić information content (AvgIpc) is 2.19. The van der Waals surface area contributed by atoms with Crippen LogP contribution in [0.1, 0.15) is 30.9 Å². The van der Waals surface area contributed by atoms with Gasteiger partial charge in [-0.2, -0.15) is 0 Å². The van der Waals surface area contributed by atoms with Crippen LogP contribution in [0.25, 0.3) is 0 Å². The molecular weight excluding hydrogens is 167 g/mol. The minimum atomic E-state index is -0.437. The van der Waals surface area contributed by atoms with Crippen molar-refractivity contribution in [3.05, 3.63) is 35.9 Å². The molecule has 13 heavy (non-hydrogen) atoms. The van der Waals surface area contributed by atoms with Gasteiger partial charge >= 0.3 is 0 Å². The molecule has 0 aliphatic heterocycles. The average molecular weight is 182 g/mol. The summed E-state index contributed by atoms with van der Waals surface area (Å²) in [5.74, 6) is 0. The molecule has 0 aliphatic carbocycles. The summed E-state index contributed by atoms with van der Waals surface area (Å²) in [7, 11) is 0. The van der Waals surface area contributed by atoms with Gasteiger partial charge in [-0.1, -0.05) is 30.3 Å². The lowest BCUT2D eigenvalue weighted by Gasteiger charge is -2.09. The quantitative estimate of drug-likeness (QED) is 0.694. The Morgan fingerprint density at radius 1 is 1.15 bits per heavy atom. The van der Waals surface area contributed by atoms with Gasteiger partial charge in [0.1, 0.15) is 0 Å². The Morgan fingerprint density at radius 3 is 2.46 bits per heavy atom. The minimum Gasteiger partial charge on any atom is -0.388 e. The second kappa shape index (κ2) is 5.70. The number of hydrogen-bond acceptors (Lipinski definition) is 1. The Balaban J connectivity index is 2.35. The van der Waals surface area contributed by atoms with Crippen LogP contribution in [0.3, 0.4) is 0 Å². The molecule has 0 aliphatic rings. The first-order valence-electron chi connectivity index (χ1n) is 4.63. The van der Waals surface area contributed by atoms with E-state index in [0.717, 1.165) is 12.0 Å². The van der Waals surface area contributed by atoms with Gasteiger partial charge in [0.15, 0.2) is 0 Å². The number of unbranched alkanes of at least 4 members (excludes halogenated alkanes) is 1. The number of rotatable bonds is 5. The van der Waals surface area contributed by atoms with Crippen LogP contribution in [0.4, 0.5) is 4.39 Å². The van der Waals surface area contributed by atoms with Crippen LogP contribution in [0.15, 0.2) is 30.3 Å². The lowest BCUT2D eigenvalue weighted by atomic mass is 10.0. The second-order valence-electron chi connectivity index (χ2n) is 3.11. The van der Waals surface area contributed by atoms with E-state index >= 15 is 0 Å². The molecule has 0 saturated carbocycles. The molecule has 1 nitrogen and oxygen atoms in total. The molecule has 1 atom stereocenters. The lowest BCUT2D eigenvalue weighted by molar-refractivity contribution is 0.162. The highest BCUT2D eigenvalue weighted by Gasteiger charge is 2.05. The van der Waals surface area contributed by atoms with Gasteiger partial charge in [0.2, 0.25) is 0 Å². The number of halogens is 1. The highest BCUT2D eigenvalue weighted by molar-refractivity contribution is 5.16. The van der Waals surface area contributed by atoms with Gasteiger partial charge in [0, 0.05) is 0 Å². The summed E-state index contributed by atoms with van der Waals surface area (Å²) < 4.78 is 11.8. The van der Waals surface area contributed by atoms with Gasteiger partial charge in [0.05, 0.1) is 12.8 Å². The van der Waals surface area contributed by atoms with Crippen molar-refractivity contribution in [3.63, 3.8) is 0 Å². The number of aliphatic hydroxyl groups is 1. The molecule has 0 fully saturated rings. The zero-order valence-corrected chi connectivity index (χ0v) is 7.62. The summed E-state index contributed by atoms with van der Waals surface area (Å²) in [6.07, 6.45) is 1.50. The first-order chi connectivity index (χ1) is 6.34. The maximum Gasteiger partial charge on any atom is 0.0894 e. The maximum atomic E-state index is 11.8. The Morgan fingerprint density at radius 2 is 1.85 bits per heavy atom. The van der Waals surface area contributed by atoms with Gasteiger partial charge in [-0.3, -0.25) is 4.39 Å². The highest BCUT2D eigenvalue weighted by Crippen LogP contribution is 2.18. The molecule has 72 valence electrons. The normalized spacial score (nSPS) is 12.8. The fourth-order valence-electron chi connectivity index (χ4n) is 1.27. The predicted octanol–water partition coefficient (Wildman–Crippen LogP) is 2.86. The first-order valence-corrected chi connectivity index (χ1v) is 4.63. The molecule has 0 amide bonds. The van der Waals surface area contributed by atoms with Crippen LogP contribution in [0, 0.1) is 0 Å². The van der Waals surface area contributed by atoms with E-state index in [4.69, 9.17) is 0 Å². The van der Waals surface area contributed by atoms with Crippen molar-refractivity contribution in [3.8, 4) is 0 Å². The molecule has 0 heterocycles. The molecular formula is C11H15FO. The standard InChI is InChI=1S/C11H15FO/c12-9-5-4-8-11(13)10-6-2-1-3-7-10/h1-3,6-7,11,13H,4-5,8-9H2. The third kappa shape index (κ3) is 3.55. The van der Waals surface area contributed by atoms with E-state index in [-0.39, 0.29) is 6.67 Å². The number of aliphatic hydroxyl groups excluding tert-OH is 1. The third-order valence-corrected chi connectivity index (χ3v) is 2.05. The molecule has 1 aromatic carbocycles. The maximum absolute atomic E-state index is 11.8. The van der Waals surface area contributed by atoms with Crippen molar-refractivity contribution in [1.29, 1.82) is 0 Å². The minimum absolute atomic E-state index is 0.290. The van der Waals surface area contributed by atoms with E-state index in [1.54, 1.807) is 0 Å². The molecule has 0 spiro atoms. The van der Waals surface area contributed by atoms with Crippen molar-refractivity contribution >= 4 is 0 Å². The Labute approximate surface area is 78.2 Å². The monoisotopic (exact) mass is 182 g/mol. The molecule has 1 aromatic rings. The summed E-state index contributed by atoms with van der Waals surface area (Å²) in [4.78, 5) is 0. The molecule has 0 bridgehead atoms. The number of benzene rings is 1. The smallest absolute Gasteiger partial charge is 0.0894 e. The summed E-state index contributed by atoms with van der Waals surface area (Å²) >= 11 is 0. The van der Waals surface area contributed by atoms with Crippen LogP contribution >= 0.6 is 0 Å². The number of hydrogen-bond donors (Lipinski definition) is 1. The van der Waals surface area contributed by atoms with Gasteiger partial charge in [0.25, 0.3) is 0 Å². The van der Waals surface area contributed by atoms with Gasteiger partial charge in [-0.05, 0) is 24.8 Å². The van der Waals surface area contributed by atoms with Crippen molar-refractivity contribution in [1.82, 2.24) is 0 Å². The Kier molecular flexibility index (Phi) is 4.47. The first kappa shape index (κ1) is 10.2.